The number of fused-ring (bicyclic) bond motifs is 1. The van der Waals surface area contributed by atoms with Crippen LogP contribution < -0.4 is 0 Å². The largest absolute Gasteiger partial charge is 0.458 e. The summed E-state index contributed by atoms with van der Waals surface area (Å²) in [5.74, 6) is -3.03. The number of Topliss-reactive ketones (excluding diaryl/α,β-unsaturated/α-hetero) is 1. The molecule has 218 valence electrons. The molecule has 3 heterocycles. The Balaban J connectivity index is 1.98. The normalized spacial score (nSPS) is 35.7. The van der Waals surface area contributed by atoms with E-state index in [1.165, 1.54) is 52.2 Å². The van der Waals surface area contributed by atoms with Crippen LogP contribution in [-0.2, 0) is 25.7 Å². The van der Waals surface area contributed by atoms with Crippen LogP contribution in [0.2, 0.25) is 0 Å². The van der Waals surface area contributed by atoms with Gasteiger partial charge in [-0.1, -0.05) is 39.8 Å². The number of ether oxygens (including phenoxy) is 2. The Bertz CT molecular complexity index is 1110. The number of hydrogen-bond donors (Lipinski definition) is 3. The van der Waals surface area contributed by atoms with E-state index in [2.05, 4.69) is 4.98 Å². The lowest BCUT2D eigenvalue weighted by molar-refractivity contribution is -0.183. The lowest BCUT2D eigenvalue weighted by Crippen LogP contribution is -2.45. The monoisotopic (exact) mass is 559 g/mol. The van der Waals surface area contributed by atoms with E-state index in [0.29, 0.717) is 5.57 Å². The molecule has 1 aromatic rings. The molecule has 3 rings (SSSR count). The van der Waals surface area contributed by atoms with Crippen molar-refractivity contribution in [1.82, 2.24) is 4.98 Å². The summed E-state index contributed by atoms with van der Waals surface area (Å²) < 4.78 is 58.2. The number of oxazole rings is 1. The first-order valence-corrected chi connectivity index (χ1v) is 12.8. The van der Waals surface area contributed by atoms with Crippen molar-refractivity contribution >= 4 is 17.8 Å². The highest BCUT2D eigenvalue weighted by Crippen LogP contribution is 2.54. The smallest absolute Gasteiger partial charge is 0.420 e. The van der Waals surface area contributed by atoms with Crippen molar-refractivity contribution in [3.63, 3.8) is 0 Å². The van der Waals surface area contributed by atoms with E-state index in [-0.39, 0.29) is 18.0 Å². The molecule has 0 aromatic carbocycles. The van der Waals surface area contributed by atoms with Crippen molar-refractivity contribution in [2.24, 2.45) is 17.3 Å². The fourth-order valence-corrected chi connectivity index (χ4v) is 4.87. The van der Waals surface area contributed by atoms with Gasteiger partial charge in [0, 0.05) is 24.7 Å². The third kappa shape index (κ3) is 6.62. The number of hydrogen-bond acceptors (Lipinski definition) is 9. The zero-order valence-corrected chi connectivity index (χ0v) is 22.6. The molecule has 12 heteroatoms. The number of ketones is 1. The summed E-state index contributed by atoms with van der Waals surface area (Å²) in [6, 6.07) is 0. The summed E-state index contributed by atoms with van der Waals surface area (Å²) >= 11 is 0. The Labute approximate surface area is 224 Å². The Kier molecular flexibility index (Phi) is 9.15. The van der Waals surface area contributed by atoms with Crippen LogP contribution >= 0.6 is 0 Å². The van der Waals surface area contributed by atoms with Gasteiger partial charge >= 0.3 is 12.1 Å². The molecule has 39 heavy (non-hydrogen) atoms. The maximum absolute atomic E-state index is 14.1. The molecule has 0 saturated carbocycles. The number of alkyl halides is 3. The van der Waals surface area contributed by atoms with Gasteiger partial charge in [0.05, 0.1) is 24.0 Å². The van der Waals surface area contributed by atoms with Gasteiger partial charge in [0.1, 0.15) is 36.6 Å². The number of cyclic esters (lactones) is 1. The maximum Gasteiger partial charge on any atom is 0.420 e. The Morgan fingerprint density at radius 3 is 2.49 bits per heavy atom. The predicted molar refractivity (Wildman–Crippen MR) is 132 cm³/mol. The molecule has 3 N–H and O–H groups in total. The molecule has 0 bridgehead atoms. The van der Waals surface area contributed by atoms with Crippen LogP contribution in [0.4, 0.5) is 13.2 Å². The average Bonchev–Trinajstić information content (AvgIpc) is 3.38. The minimum atomic E-state index is -4.73. The predicted octanol–water partition coefficient (Wildman–Crippen LogP) is 3.51. The van der Waals surface area contributed by atoms with E-state index in [4.69, 9.17) is 19.0 Å². The summed E-state index contributed by atoms with van der Waals surface area (Å²) in [5.41, 5.74) is -3.33. The van der Waals surface area contributed by atoms with Gasteiger partial charge in [-0.25, -0.2) is 4.98 Å². The second-order valence-electron chi connectivity index (χ2n) is 11.0. The van der Waals surface area contributed by atoms with Crippen LogP contribution in [0.5, 0.6) is 0 Å². The topological polar surface area (TPSA) is 143 Å². The van der Waals surface area contributed by atoms with E-state index in [9.17, 15) is 33.0 Å². The first-order valence-electron chi connectivity index (χ1n) is 12.8. The second kappa shape index (κ2) is 11.5. The first kappa shape index (κ1) is 31.0. The van der Waals surface area contributed by atoms with E-state index in [1.807, 2.05) is 0 Å². The number of aromatic nitrogens is 1. The quantitative estimate of drug-likeness (QED) is 0.288. The number of rotatable bonds is 3. The van der Waals surface area contributed by atoms with Gasteiger partial charge in [0.2, 0.25) is 5.89 Å². The number of aliphatic hydroxyl groups is 3. The molecule has 1 aromatic heterocycles. The van der Waals surface area contributed by atoms with E-state index >= 15 is 0 Å². The molecular weight excluding hydrogens is 523 g/mol. The SMILES string of the molecule is C/C(=C\c1coc(CO)n1)[C@@H]1CC2OC2(C(F)(F)F)C/C=C/[C@H](C)[C@H](O)[C@@H](C)C(=O)C(C)(C)[C@@H](O)CC(=O)O1. The van der Waals surface area contributed by atoms with Crippen molar-refractivity contribution in [3.8, 4) is 0 Å². The molecule has 0 aliphatic carbocycles. The number of carbonyl (C=O) groups excluding carboxylic acids is 2. The van der Waals surface area contributed by atoms with Gasteiger partial charge in [-0.3, -0.25) is 9.59 Å². The standard InChI is InChI=1S/C27H36F3NO8/c1-14-7-6-8-26(27(28,29)30)20(39-26)10-18(15(2)9-17-13-37-21(12-32)31-17)38-22(34)11-19(33)25(4,5)24(36)16(3)23(14)35/h6-7,9,13-14,16,18-20,23,32-33,35H,8,10-12H2,1-5H3/b7-6+,15-9+/t14-,16+,18-,19-,20?,23-,26?/m0/s1. The second-order valence-corrected chi connectivity index (χ2v) is 11.0. The van der Waals surface area contributed by atoms with Crippen LogP contribution in [-0.4, -0.2) is 68.2 Å². The van der Waals surface area contributed by atoms with Gasteiger partial charge < -0.3 is 29.2 Å². The Morgan fingerprint density at radius 1 is 1.23 bits per heavy atom. The summed E-state index contributed by atoms with van der Waals surface area (Å²) in [7, 11) is 0. The van der Waals surface area contributed by atoms with Crippen LogP contribution in [0.3, 0.4) is 0 Å². The molecule has 9 nitrogen and oxygen atoms in total. The Morgan fingerprint density at radius 2 is 1.90 bits per heavy atom. The summed E-state index contributed by atoms with van der Waals surface area (Å²) in [4.78, 5) is 30.1. The number of epoxide rings is 1. The van der Waals surface area contributed by atoms with Crippen molar-refractivity contribution in [1.29, 1.82) is 0 Å². The highest BCUT2D eigenvalue weighted by Gasteiger charge is 2.72. The van der Waals surface area contributed by atoms with Crippen LogP contribution in [0.15, 0.2) is 28.4 Å². The molecule has 2 aliphatic rings. The highest BCUT2D eigenvalue weighted by molar-refractivity contribution is 5.88. The van der Waals surface area contributed by atoms with Gasteiger partial charge in [-0.15, -0.1) is 0 Å². The van der Waals surface area contributed by atoms with Crippen LogP contribution in [0.1, 0.15) is 65.5 Å². The van der Waals surface area contributed by atoms with Gasteiger partial charge in [0.15, 0.2) is 5.60 Å². The molecule has 0 spiro atoms. The molecule has 1 saturated heterocycles. The van der Waals surface area contributed by atoms with Crippen LogP contribution in [0.25, 0.3) is 6.08 Å². The molecular formula is C27H36F3NO8. The lowest BCUT2D eigenvalue weighted by atomic mass is 9.73. The van der Waals surface area contributed by atoms with Crippen molar-refractivity contribution in [3.05, 3.63) is 35.6 Å². The minimum absolute atomic E-state index is 0.0287. The molecule has 0 amide bonds. The third-order valence-corrected chi connectivity index (χ3v) is 7.74. The zero-order chi connectivity index (χ0) is 29.3. The van der Waals surface area contributed by atoms with Crippen molar-refractivity contribution in [2.75, 3.05) is 0 Å². The molecule has 7 atom stereocenters. The van der Waals surface area contributed by atoms with Crippen molar-refractivity contribution < 1.29 is 52.0 Å². The van der Waals surface area contributed by atoms with Gasteiger partial charge in [-0.2, -0.15) is 13.2 Å². The minimum Gasteiger partial charge on any atom is -0.458 e. The number of esters is 1. The number of halogens is 3. The summed E-state index contributed by atoms with van der Waals surface area (Å²) in [6.45, 7) is 7.06. The van der Waals surface area contributed by atoms with Gasteiger partial charge in [0.25, 0.3) is 0 Å². The zero-order valence-electron chi connectivity index (χ0n) is 22.6. The fraction of sp³-hybridized carbons (Fsp3) is 0.667. The lowest BCUT2D eigenvalue weighted by Gasteiger charge is -2.34. The third-order valence-electron chi connectivity index (χ3n) is 7.74. The van der Waals surface area contributed by atoms with E-state index in [0.717, 1.165) is 0 Å². The fourth-order valence-electron chi connectivity index (χ4n) is 4.87. The molecule has 0 radical (unpaired) electrons. The van der Waals surface area contributed by atoms with E-state index < -0.39 is 84.6 Å². The van der Waals surface area contributed by atoms with Crippen LogP contribution in [0, 0.1) is 17.3 Å². The van der Waals surface area contributed by atoms with Crippen molar-refractivity contribution in [2.45, 2.75) is 96.7 Å². The maximum atomic E-state index is 14.1. The summed E-state index contributed by atoms with van der Waals surface area (Å²) in [5, 5.41) is 30.7. The summed E-state index contributed by atoms with van der Waals surface area (Å²) in [6.07, 6.45) is -6.03. The highest BCUT2D eigenvalue weighted by atomic mass is 19.4. The first-order chi connectivity index (χ1) is 18.0. The Hall–Kier alpha value is -2.54. The molecule has 1 fully saturated rings. The van der Waals surface area contributed by atoms with E-state index in [1.54, 1.807) is 6.92 Å². The number of nitrogens with zero attached hydrogens (tertiary/aromatic N) is 1. The van der Waals surface area contributed by atoms with Gasteiger partial charge in [-0.05, 0) is 18.6 Å². The number of aliphatic hydroxyl groups excluding tert-OH is 3. The molecule has 2 aliphatic heterocycles. The average molecular weight is 560 g/mol. The molecule has 2 unspecified atom stereocenters. The number of carbonyl (C=O) groups is 2.